The average molecular weight is 527 g/mol. The van der Waals surface area contributed by atoms with Crippen molar-refractivity contribution in [1.82, 2.24) is 9.88 Å². The Bertz CT molecular complexity index is 1280. The Balaban J connectivity index is 1.46. The Morgan fingerprint density at radius 3 is 2.63 bits per heavy atom. The number of nitrogens with zero attached hydrogens (tertiary/aromatic N) is 2. The van der Waals surface area contributed by atoms with Gasteiger partial charge in [0.1, 0.15) is 6.10 Å². The second-order valence-electron chi connectivity index (χ2n) is 9.64. The Hall–Kier alpha value is -3.39. The lowest BCUT2D eigenvalue weighted by atomic mass is 9.88. The van der Waals surface area contributed by atoms with E-state index in [0.717, 1.165) is 61.2 Å². The van der Waals surface area contributed by atoms with Gasteiger partial charge >= 0.3 is 6.61 Å². The smallest absolute Gasteiger partial charge is 0.387 e. The molecule has 0 spiro atoms. The highest BCUT2D eigenvalue weighted by Crippen LogP contribution is 2.40. The van der Waals surface area contributed by atoms with Crippen molar-refractivity contribution in [3.8, 4) is 11.6 Å². The summed E-state index contributed by atoms with van der Waals surface area (Å²) in [5.41, 5.74) is 5.59. The fourth-order valence-electron chi connectivity index (χ4n) is 5.37. The molecule has 0 radical (unpaired) electrons. The number of rotatable bonds is 9. The molecule has 1 aliphatic heterocycles. The third-order valence-electron chi connectivity index (χ3n) is 7.11. The maximum Gasteiger partial charge on any atom is 0.387 e. The van der Waals surface area contributed by atoms with Crippen molar-refractivity contribution in [3.63, 3.8) is 0 Å². The SMILES string of the molecule is FCCCN1CC[C@H](Oc2ccc(C3=C(c4ccc(OC(F)F)c(F)c4)CCCc4ccccc43)cn2)C1. The summed E-state index contributed by atoms with van der Waals surface area (Å²) in [4.78, 5) is 6.79. The van der Waals surface area contributed by atoms with Crippen LogP contribution in [0.4, 0.5) is 17.6 Å². The summed E-state index contributed by atoms with van der Waals surface area (Å²) in [5, 5.41) is 0. The monoisotopic (exact) mass is 526 g/mol. The first-order valence-corrected chi connectivity index (χ1v) is 13.0. The molecule has 0 unspecified atom stereocenters. The number of benzene rings is 2. The van der Waals surface area contributed by atoms with Gasteiger partial charge in [-0.3, -0.25) is 9.29 Å². The Morgan fingerprint density at radius 1 is 1.03 bits per heavy atom. The van der Waals surface area contributed by atoms with Crippen LogP contribution in [-0.2, 0) is 6.42 Å². The number of ether oxygens (including phenoxy) is 2. The van der Waals surface area contributed by atoms with E-state index in [1.165, 1.54) is 17.7 Å². The van der Waals surface area contributed by atoms with Crippen molar-refractivity contribution in [2.24, 2.45) is 0 Å². The summed E-state index contributed by atoms with van der Waals surface area (Å²) >= 11 is 0. The summed E-state index contributed by atoms with van der Waals surface area (Å²) in [7, 11) is 0. The normalized spacial score (nSPS) is 18.0. The van der Waals surface area contributed by atoms with Crippen LogP contribution in [0.1, 0.15) is 47.9 Å². The number of hydrogen-bond donors (Lipinski definition) is 0. The van der Waals surface area contributed by atoms with Crippen LogP contribution in [0.25, 0.3) is 11.1 Å². The topological polar surface area (TPSA) is 34.6 Å². The first kappa shape index (κ1) is 26.2. The number of likely N-dealkylation sites (tertiary alicyclic amines) is 1. The first-order chi connectivity index (χ1) is 18.5. The molecule has 3 aromatic rings. The molecule has 1 saturated heterocycles. The highest BCUT2D eigenvalue weighted by Gasteiger charge is 2.25. The van der Waals surface area contributed by atoms with Crippen LogP contribution in [0.3, 0.4) is 0 Å². The maximum absolute atomic E-state index is 14.7. The van der Waals surface area contributed by atoms with Crippen molar-refractivity contribution in [3.05, 3.63) is 88.9 Å². The van der Waals surface area contributed by atoms with Gasteiger partial charge in [0.15, 0.2) is 11.6 Å². The molecule has 4 nitrogen and oxygen atoms in total. The summed E-state index contributed by atoms with van der Waals surface area (Å²) < 4.78 is 62.9. The Labute approximate surface area is 219 Å². The van der Waals surface area contributed by atoms with Gasteiger partial charge in [0, 0.05) is 37.5 Å². The quantitative estimate of drug-likeness (QED) is 0.283. The minimum Gasteiger partial charge on any atom is -0.473 e. The van der Waals surface area contributed by atoms with E-state index < -0.39 is 18.2 Å². The van der Waals surface area contributed by atoms with E-state index in [-0.39, 0.29) is 12.8 Å². The summed E-state index contributed by atoms with van der Waals surface area (Å²) in [5.74, 6) is -0.779. The fourth-order valence-corrected chi connectivity index (χ4v) is 5.37. The molecule has 0 bridgehead atoms. The van der Waals surface area contributed by atoms with Crippen LogP contribution in [0.5, 0.6) is 11.6 Å². The van der Waals surface area contributed by atoms with E-state index in [2.05, 4.69) is 26.8 Å². The van der Waals surface area contributed by atoms with Crippen LogP contribution in [0.2, 0.25) is 0 Å². The highest BCUT2D eigenvalue weighted by molar-refractivity contribution is 5.99. The molecular weight excluding hydrogens is 496 g/mol. The molecule has 1 fully saturated rings. The van der Waals surface area contributed by atoms with Crippen molar-refractivity contribution in [2.45, 2.75) is 44.8 Å². The van der Waals surface area contributed by atoms with Gasteiger partial charge in [-0.2, -0.15) is 8.78 Å². The molecule has 200 valence electrons. The molecule has 1 aromatic heterocycles. The molecule has 2 aliphatic rings. The molecule has 2 aromatic carbocycles. The Kier molecular flexibility index (Phi) is 8.27. The van der Waals surface area contributed by atoms with Gasteiger partial charge in [0.2, 0.25) is 5.88 Å². The number of alkyl halides is 3. The Morgan fingerprint density at radius 2 is 1.87 bits per heavy atom. The molecule has 2 heterocycles. The predicted octanol–water partition coefficient (Wildman–Crippen LogP) is 6.93. The zero-order chi connectivity index (χ0) is 26.5. The van der Waals surface area contributed by atoms with E-state index >= 15 is 0 Å². The number of allylic oxidation sites excluding steroid dienone is 1. The third kappa shape index (κ3) is 6.01. The lowest BCUT2D eigenvalue weighted by Crippen LogP contribution is -2.26. The van der Waals surface area contributed by atoms with Crippen LogP contribution >= 0.6 is 0 Å². The molecule has 38 heavy (non-hydrogen) atoms. The van der Waals surface area contributed by atoms with E-state index in [1.54, 1.807) is 12.3 Å². The molecule has 8 heteroatoms. The lowest BCUT2D eigenvalue weighted by molar-refractivity contribution is -0.0521. The molecule has 0 N–H and O–H groups in total. The van der Waals surface area contributed by atoms with Crippen LogP contribution in [0.15, 0.2) is 60.8 Å². The fraction of sp³-hybridized carbons (Fsp3) is 0.367. The van der Waals surface area contributed by atoms with Crippen LogP contribution in [-0.4, -0.2) is 48.9 Å². The van der Waals surface area contributed by atoms with Crippen molar-refractivity contribution < 1.29 is 27.0 Å². The number of hydrogen-bond acceptors (Lipinski definition) is 4. The van der Waals surface area contributed by atoms with Gasteiger partial charge in [0.05, 0.1) is 6.67 Å². The number of aromatic nitrogens is 1. The zero-order valence-electron chi connectivity index (χ0n) is 21.0. The molecule has 1 aliphatic carbocycles. The average Bonchev–Trinajstić information content (AvgIpc) is 3.27. The van der Waals surface area contributed by atoms with Crippen molar-refractivity contribution in [1.29, 1.82) is 0 Å². The van der Waals surface area contributed by atoms with Gasteiger partial charge in [-0.05, 0) is 78.1 Å². The van der Waals surface area contributed by atoms with E-state index in [9.17, 15) is 17.6 Å². The largest absolute Gasteiger partial charge is 0.473 e. The third-order valence-corrected chi connectivity index (χ3v) is 7.11. The van der Waals surface area contributed by atoms with Gasteiger partial charge in [-0.15, -0.1) is 0 Å². The van der Waals surface area contributed by atoms with Crippen molar-refractivity contribution in [2.75, 3.05) is 26.3 Å². The molecule has 5 rings (SSSR count). The molecule has 0 saturated carbocycles. The minimum atomic E-state index is -3.09. The lowest BCUT2D eigenvalue weighted by Gasteiger charge is -2.18. The minimum absolute atomic E-state index is 0.0123. The van der Waals surface area contributed by atoms with Gasteiger partial charge < -0.3 is 9.47 Å². The summed E-state index contributed by atoms with van der Waals surface area (Å²) in [6, 6.07) is 16.1. The van der Waals surface area contributed by atoms with Gasteiger partial charge in [-0.25, -0.2) is 9.37 Å². The van der Waals surface area contributed by atoms with Crippen molar-refractivity contribution >= 4 is 11.1 Å². The van der Waals surface area contributed by atoms with Crippen LogP contribution < -0.4 is 9.47 Å². The standard InChI is InChI=1S/C30H30F4N2O2/c31-14-4-15-36-16-13-23(19-36)37-28-12-10-22(18-35-28)29-24-7-2-1-5-20(24)6-3-8-25(29)21-9-11-27(26(32)17-21)38-30(33)34/h1-2,5,7,9-12,17-18,23,30H,3-4,6,8,13-16,19H2/t23-/m0/s1. The van der Waals surface area contributed by atoms with Gasteiger partial charge in [-0.1, -0.05) is 30.3 Å². The molecule has 0 amide bonds. The highest BCUT2D eigenvalue weighted by atomic mass is 19.3. The second-order valence-corrected chi connectivity index (χ2v) is 9.64. The van der Waals surface area contributed by atoms with E-state index in [1.807, 2.05) is 24.3 Å². The summed E-state index contributed by atoms with van der Waals surface area (Å²) in [6.45, 7) is -1.04. The van der Waals surface area contributed by atoms with E-state index in [4.69, 9.17) is 4.74 Å². The number of halogens is 4. The number of aryl methyl sites for hydroxylation is 1. The molecular formula is C30H30F4N2O2. The predicted molar refractivity (Wildman–Crippen MR) is 139 cm³/mol. The van der Waals surface area contributed by atoms with Gasteiger partial charge in [0.25, 0.3) is 0 Å². The van der Waals surface area contributed by atoms with Crippen LogP contribution in [0, 0.1) is 5.82 Å². The maximum atomic E-state index is 14.7. The first-order valence-electron chi connectivity index (χ1n) is 13.0. The number of fused-ring (bicyclic) bond motifs is 1. The molecule has 1 atom stereocenters. The van der Waals surface area contributed by atoms with E-state index in [0.29, 0.717) is 24.3 Å². The number of pyridine rings is 1. The zero-order valence-corrected chi connectivity index (χ0v) is 21.0. The summed E-state index contributed by atoms with van der Waals surface area (Å²) in [6.07, 6.45) is 5.61. The second kappa shape index (κ2) is 12.0.